The number of para-hydroxylation sites is 1. The van der Waals surface area contributed by atoms with Gasteiger partial charge in [0.15, 0.2) is 11.5 Å². The van der Waals surface area contributed by atoms with Gasteiger partial charge in [0.1, 0.15) is 0 Å². The van der Waals surface area contributed by atoms with E-state index in [0.29, 0.717) is 23.1 Å². The molecular formula is C26H24ClN3O3. The van der Waals surface area contributed by atoms with Crippen LogP contribution in [0.4, 0.5) is 0 Å². The zero-order chi connectivity index (χ0) is 23.2. The molecule has 1 amide bonds. The lowest BCUT2D eigenvalue weighted by molar-refractivity contribution is -0.120. The van der Waals surface area contributed by atoms with E-state index in [2.05, 4.69) is 21.2 Å². The molecule has 168 valence electrons. The number of hydrogen-bond donors (Lipinski definition) is 1. The number of rotatable bonds is 8. The van der Waals surface area contributed by atoms with Crippen molar-refractivity contribution in [3.05, 3.63) is 94.6 Å². The van der Waals surface area contributed by atoms with Gasteiger partial charge in [-0.1, -0.05) is 48.0 Å². The van der Waals surface area contributed by atoms with E-state index < -0.39 is 0 Å². The summed E-state index contributed by atoms with van der Waals surface area (Å²) < 4.78 is 12.7. The second-order valence-corrected chi connectivity index (χ2v) is 7.95. The molecule has 0 bridgehead atoms. The zero-order valence-electron chi connectivity index (χ0n) is 18.4. The number of amides is 1. The molecule has 0 aliphatic heterocycles. The molecule has 0 spiro atoms. The molecular weight excluding hydrogens is 438 g/mol. The Morgan fingerprint density at radius 1 is 1.00 bits per heavy atom. The predicted octanol–water partition coefficient (Wildman–Crippen LogP) is 5.05. The maximum atomic E-state index is 12.4. The van der Waals surface area contributed by atoms with Crippen molar-refractivity contribution in [2.75, 3.05) is 14.2 Å². The Balaban J connectivity index is 1.47. The Labute approximate surface area is 197 Å². The molecule has 4 aromatic rings. The van der Waals surface area contributed by atoms with Crippen LogP contribution in [-0.2, 0) is 17.8 Å². The molecule has 0 saturated carbocycles. The van der Waals surface area contributed by atoms with Gasteiger partial charge in [0.05, 0.1) is 26.9 Å². The van der Waals surface area contributed by atoms with Gasteiger partial charge in [0, 0.05) is 34.2 Å². The third-order valence-corrected chi connectivity index (χ3v) is 5.54. The fraction of sp³-hybridized carbons (Fsp3) is 0.154. The molecule has 1 heterocycles. The van der Waals surface area contributed by atoms with Crippen molar-refractivity contribution in [1.29, 1.82) is 0 Å². The third kappa shape index (κ3) is 5.35. The molecule has 6 nitrogen and oxygen atoms in total. The van der Waals surface area contributed by atoms with Crippen molar-refractivity contribution in [2.24, 2.45) is 5.10 Å². The maximum absolute atomic E-state index is 12.4. The second kappa shape index (κ2) is 10.2. The van der Waals surface area contributed by atoms with Crippen LogP contribution in [0.5, 0.6) is 11.5 Å². The van der Waals surface area contributed by atoms with E-state index in [-0.39, 0.29) is 12.3 Å². The number of nitrogens with one attached hydrogen (secondary N) is 1. The first-order valence-electron chi connectivity index (χ1n) is 10.4. The summed E-state index contributed by atoms with van der Waals surface area (Å²) in [5.41, 5.74) is 6.57. The molecule has 0 atom stereocenters. The minimum Gasteiger partial charge on any atom is -0.493 e. The molecule has 1 N–H and O–H groups in total. The van der Waals surface area contributed by atoms with Crippen molar-refractivity contribution >= 4 is 34.6 Å². The normalized spacial score (nSPS) is 11.1. The van der Waals surface area contributed by atoms with Crippen molar-refractivity contribution in [3.63, 3.8) is 0 Å². The first kappa shape index (κ1) is 22.4. The number of benzene rings is 3. The largest absolute Gasteiger partial charge is 0.493 e. The smallest absolute Gasteiger partial charge is 0.244 e. The van der Waals surface area contributed by atoms with Crippen LogP contribution in [0, 0.1) is 0 Å². The van der Waals surface area contributed by atoms with Gasteiger partial charge in [-0.2, -0.15) is 5.10 Å². The molecule has 0 unspecified atom stereocenters. The van der Waals surface area contributed by atoms with Crippen molar-refractivity contribution < 1.29 is 14.3 Å². The zero-order valence-corrected chi connectivity index (χ0v) is 19.2. The quantitative estimate of drug-likeness (QED) is 0.295. The maximum Gasteiger partial charge on any atom is 0.244 e. The van der Waals surface area contributed by atoms with Gasteiger partial charge in [0.25, 0.3) is 0 Å². The highest BCUT2D eigenvalue weighted by molar-refractivity contribution is 6.30. The van der Waals surface area contributed by atoms with Gasteiger partial charge in [0.2, 0.25) is 5.91 Å². The van der Waals surface area contributed by atoms with E-state index in [1.807, 2.05) is 54.7 Å². The minimum absolute atomic E-state index is 0.177. The van der Waals surface area contributed by atoms with E-state index in [1.165, 1.54) is 0 Å². The van der Waals surface area contributed by atoms with Gasteiger partial charge < -0.3 is 14.0 Å². The fourth-order valence-corrected chi connectivity index (χ4v) is 3.81. The topological polar surface area (TPSA) is 64.8 Å². The standard InChI is InChI=1S/C26H24ClN3O3/c1-32-24-12-9-19(13-25(24)33-2)14-26(31)29-28-15-20-17-30(23-6-4-3-5-22(20)23)16-18-7-10-21(27)11-8-18/h3-13,15,17H,14,16H2,1-2H3,(H,29,31)/b28-15+. The lowest BCUT2D eigenvalue weighted by Crippen LogP contribution is -2.19. The summed E-state index contributed by atoms with van der Waals surface area (Å²) in [7, 11) is 3.14. The summed E-state index contributed by atoms with van der Waals surface area (Å²) in [6, 6.07) is 21.3. The van der Waals surface area contributed by atoms with Crippen LogP contribution in [-0.4, -0.2) is 30.9 Å². The summed E-state index contributed by atoms with van der Waals surface area (Å²) in [4.78, 5) is 12.4. The first-order chi connectivity index (χ1) is 16.1. The number of halogens is 1. The molecule has 7 heteroatoms. The Morgan fingerprint density at radius 3 is 2.48 bits per heavy atom. The number of hydrazone groups is 1. The summed E-state index contributed by atoms with van der Waals surface area (Å²) in [5.74, 6) is 0.984. The molecule has 1 aromatic heterocycles. The van der Waals surface area contributed by atoms with Gasteiger partial charge in [-0.05, 0) is 41.5 Å². The van der Waals surface area contributed by atoms with Crippen LogP contribution < -0.4 is 14.9 Å². The second-order valence-electron chi connectivity index (χ2n) is 7.52. The number of nitrogens with zero attached hydrogens (tertiary/aromatic N) is 2. The van der Waals surface area contributed by atoms with Crippen molar-refractivity contribution in [1.82, 2.24) is 9.99 Å². The summed E-state index contributed by atoms with van der Waals surface area (Å²) in [5, 5.41) is 5.96. The lowest BCUT2D eigenvalue weighted by atomic mass is 10.1. The molecule has 0 fully saturated rings. The number of methoxy groups -OCH3 is 2. The Bertz CT molecular complexity index is 1300. The van der Waals surface area contributed by atoms with Crippen LogP contribution in [0.1, 0.15) is 16.7 Å². The number of carbonyl (C=O) groups is 1. The highest BCUT2D eigenvalue weighted by Gasteiger charge is 2.09. The molecule has 0 radical (unpaired) electrons. The van der Waals surface area contributed by atoms with Crippen LogP contribution in [0.15, 0.2) is 78.0 Å². The van der Waals surface area contributed by atoms with Crippen molar-refractivity contribution in [3.8, 4) is 11.5 Å². The van der Waals surface area contributed by atoms with Crippen LogP contribution in [0.3, 0.4) is 0 Å². The predicted molar refractivity (Wildman–Crippen MR) is 131 cm³/mol. The fourth-order valence-electron chi connectivity index (χ4n) is 3.68. The number of fused-ring (bicyclic) bond motifs is 1. The molecule has 3 aromatic carbocycles. The highest BCUT2D eigenvalue weighted by Crippen LogP contribution is 2.27. The third-order valence-electron chi connectivity index (χ3n) is 5.29. The van der Waals surface area contributed by atoms with E-state index in [1.54, 1.807) is 32.6 Å². The van der Waals surface area contributed by atoms with Gasteiger partial charge in [-0.15, -0.1) is 0 Å². The summed E-state index contributed by atoms with van der Waals surface area (Å²) >= 11 is 6.01. The minimum atomic E-state index is -0.219. The molecule has 0 aliphatic rings. The number of carbonyl (C=O) groups excluding carboxylic acids is 1. The average Bonchev–Trinajstić information content (AvgIpc) is 3.18. The average molecular weight is 462 g/mol. The number of ether oxygens (including phenoxy) is 2. The Kier molecular flexibility index (Phi) is 6.95. The first-order valence-corrected chi connectivity index (χ1v) is 10.8. The van der Waals surface area contributed by atoms with Gasteiger partial charge in [-0.3, -0.25) is 4.79 Å². The SMILES string of the molecule is COc1ccc(CC(=O)N/N=C/c2cn(Cc3ccc(Cl)cc3)c3ccccc23)cc1OC. The molecule has 0 saturated heterocycles. The van der Waals surface area contributed by atoms with Gasteiger partial charge in [-0.25, -0.2) is 5.43 Å². The van der Waals surface area contributed by atoms with E-state index in [4.69, 9.17) is 21.1 Å². The van der Waals surface area contributed by atoms with Crippen LogP contribution in [0.2, 0.25) is 5.02 Å². The van der Waals surface area contributed by atoms with Crippen LogP contribution >= 0.6 is 11.6 Å². The van der Waals surface area contributed by atoms with E-state index >= 15 is 0 Å². The number of aromatic nitrogens is 1. The molecule has 0 aliphatic carbocycles. The Morgan fingerprint density at radius 2 is 1.73 bits per heavy atom. The van der Waals surface area contributed by atoms with Crippen molar-refractivity contribution in [2.45, 2.75) is 13.0 Å². The summed E-state index contributed by atoms with van der Waals surface area (Å²) in [6.07, 6.45) is 3.88. The highest BCUT2D eigenvalue weighted by atomic mass is 35.5. The van der Waals surface area contributed by atoms with E-state index in [9.17, 15) is 4.79 Å². The van der Waals surface area contributed by atoms with E-state index in [0.717, 1.165) is 27.6 Å². The summed E-state index contributed by atoms with van der Waals surface area (Å²) in [6.45, 7) is 0.706. The molecule has 4 rings (SSSR count). The Hall–Kier alpha value is -3.77. The lowest BCUT2D eigenvalue weighted by Gasteiger charge is -2.09. The monoisotopic (exact) mass is 461 g/mol. The molecule has 33 heavy (non-hydrogen) atoms. The number of hydrogen-bond acceptors (Lipinski definition) is 4. The van der Waals surface area contributed by atoms with Crippen LogP contribution in [0.25, 0.3) is 10.9 Å². The van der Waals surface area contributed by atoms with Gasteiger partial charge >= 0.3 is 0 Å².